The maximum Gasteiger partial charge on any atom is 0.330 e. The molecule has 1 N–H and O–H groups in total. The summed E-state index contributed by atoms with van der Waals surface area (Å²) in [6, 6.07) is 0. The minimum Gasteiger partial charge on any atom is -0.460 e. The number of aliphatic hydroxyl groups excluding tert-OH is 1. The van der Waals surface area contributed by atoms with Gasteiger partial charge in [-0.25, -0.2) is 4.79 Å². The molecule has 0 aromatic carbocycles. The number of hydrogen-bond acceptors (Lipinski definition) is 4. The molecule has 0 fully saturated rings. The van der Waals surface area contributed by atoms with Crippen LogP contribution in [0.3, 0.4) is 0 Å². The fourth-order valence-corrected chi connectivity index (χ4v) is 1.20. The summed E-state index contributed by atoms with van der Waals surface area (Å²) in [6.45, 7) is 8.17. The van der Waals surface area contributed by atoms with E-state index < -0.39 is 12.1 Å². The zero-order valence-corrected chi connectivity index (χ0v) is 9.77. The third-order valence-electron chi connectivity index (χ3n) is 2.08. The van der Waals surface area contributed by atoms with E-state index in [0.29, 0.717) is 6.54 Å². The third-order valence-corrected chi connectivity index (χ3v) is 2.08. The average molecular weight is 215 g/mol. The van der Waals surface area contributed by atoms with E-state index in [-0.39, 0.29) is 6.61 Å². The Bertz CT molecular complexity index is 200. The number of carbonyl (C=O) groups is 1. The van der Waals surface area contributed by atoms with Gasteiger partial charge in [-0.3, -0.25) is 0 Å². The van der Waals surface area contributed by atoms with Gasteiger partial charge in [0.05, 0.1) is 0 Å². The van der Waals surface area contributed by atoms with E-state index in [9.17, 15) is 9.90 Å². The molecule has 0 saturated carbocycles. The molecule has 0 saturated heterocycles. The first-order valence-corrected chi connectivity index (χ1v) is 5.33. The molecule has 0 aliphatic carbocycles. The number of ether oxygens (including phenoxy) is 1. The van der Waals surface area contributed by atoms with Crippen LogP contribution in [0, 0.1) is 0 Å². The molecule has 4 heteroatoms. The molecule has 4 nitrogen and oxygen atoms in total. The standard InChI is InChI=1S/C11H21NO3/c1-4-7-11(14)15-9-10(13)8-12(5-2)6-3/h4,7,10,13H,5-6,8-9H2,1-3H3. The molecule has 1 unspecified atom stereocenters. The molecule has 15 heavy (non-hydrogen) atoms. The molecule has 0 radical (unpaired) electrons. The summed E-state index contributed by atoms with van der Waals surface area (Å²) >= 11 is 0. The van der Waals surface area contributed by atoms with Gasteiger partial charge in [0.15, 0.2) is 0 Å². The second kappa shape index (κ2) is 8.44. The molecule has 1 atom stereocenters. The highest BCUT2D eigenvalue weighted by Gasteiger charge is 2.10. The van der Waals surface area contributed by atoms with Gasteiger partial charge in [0.2, 0.25) is 0 Å². The van der Waals surface area contributed by atoms with Crippen LogP contribution in [0.5, 0.6) is 0 Å². The van der Waals surface area contributed by atoms with Crippen molar-refractivity contribution in [2.45, 2.75) is 26.9 Å². The molecule has 0 heterocycles. The minimum atomic E-state index is -0.612. The van der Waals surface area contributed by atoms with Crippen LogP contribution in [-0.4, -0.2) is 48.3 Å². The van der Waals surface area contributed by atoms with Gasteiger partial charge in [-0.2, -0.15) is 0 Å². The number of aliphatic hydroxyl groups is 1. The van der Waals surface area contributed by atoms with E-state index >= 15 is 0 Å². The highest BCUT2D eigenvalue weighted by atomic mass is 16.5. The van der Waals surface area contributed by atoms with Crippen LogP contribution in [0.1, 0.15) is 20.8 Å². The number of hydrogen-bond donors (Lipinski definition) is 1. The van der Waals surface area contributed by atoms with Crippen LogP contribution in [0.15, 0.2) is 12.2 Å². The van der Waals surface area contributed by atoms with Gasteiger partial charge in [-0.05, 0) is 20.0 Å². The van der Waals surface area contributed by atoms with Gasteiger partial charge in [-0.15, -0.1) is 0 Å². The van der Waals surface area contributed by atoms with E-state index in [1.54, 1.807) is 13.0 Å². The number of likely N-dealkylation sites (N-methyl/N-ethyl adjacent to an activating group) is 1. The monoisotopic (exact) mass is 215 g/mol. The van der Waals surface area contributed by atoms with Crippen molar-refractivity contribution < 1.29 is 14.6 Å². The molecule has 88 valence electrons. The van der Waals surface area contributed by atoms with Gasteiger partial charge < -0.3 is 14.7 Å². The van der Waals surface area contributed by atoms with Gasteiger partial charge in [0, 0.05) is 12.6 Å². The first-order valence-electron chi connectivity index (χ1n) is 5.33. The largest absolute Gasteiger partial charge is 0.460 e. The van der Waals surface area contributed by atoms with E-state index in [1.165, 1.54) is 6.08 Å². The fraction of sp³-hybridized carbons (Fsp3) is 0.727. The summed E-state index contributed by atoms with van der Waals surface area (Å²) < 4.78 is 4.83. The van der Waals surface area contributed by atoms with Crippen molar-refractivity contribution in [3.05, 3.63) is 12.2 Å². The molecular weight excluding hydrogens is 194 g/mol. The first kappa shape index (κ1) is 14.1. The minimum absolute atomic E-state index is 0.0552. The molecule has 0 aliphatic heterocycles. The number of rotatable bonds is 7. The highest BCUT2D eigenvalue weighted by Crippen LogP contribution is 1.94. The smallest absolute Gasteiger partial charge is 0.330 e. The Labute approximate surface area is 91.5 Å². The first-order chi connectivity index (χ1) is 7.13. The quantitative estimate of drug-likeness (QED) is 0.504. The van der Waals surface area contributed by atoms with Crippen LogP contribution in [0.25, 0.3) is 0 Å². The second-order valence-electron chi connectivity index (χ2n) is 3.27. The van der Waals surface area contributed by atoms with Gasteiger partial charge in [0.25, 0.3) is 0 Å². The number of esters is 1. The van der Waals surface area contributed by atoms with Crippen LogP contribution >= 0.6 is 0 Å². The van der Waals surface area contributed by atoms with Crippen molar-refractivity contribution >= 4 is 5.97 Å². The Hall–Kier alpha value is -0.870. The van der Waals surface area contributed by atoms with Crippen molar-refractivity contribution in [2.24, 2.45) is 0 Å². The Kier molecular flexibility index (Phi) is 7.95. The zero-order valence-electron chi connectivity index (χ0n) is 9.77. The van der Waals surface area contributed by atoms with Crippen LogP contribution in [-0.2, 0) is 9.53 Å². The SMILES string of the molecule is CC=CC(=O)OCC(O)CN(CC)CC. The maximum absolute atomic E-state index is 10.9. The lowest BCUT2D eigenvalue weighted by molar-refractivity contribution is -0.141. The summed E-state index contributed by atoms with van der Waals surface area (Å²) in [5, 5.41) is 9.56. The summed E-state index contributed by atoms with van der Waals surface area (Å²) in [5.74, 6) is -0.406. The summed E-state index contributed by atoms with van der Waals surface area (Å²) in [7, 11) is 0. The number of nitrogens with zero attached hydrogens (tertiary/aromatic N) is 1. The van der Waals surface area contributed by atoms with Gasteiger partial charge in [0.1, 0.15) is 12.7 Å². The van der Waals surface area contributed by atoms with Crippen LogP contribution < -0.4 is 0 Å². The number of allylic oxidation sites excluding steroid dienone is 1. The van der Waals surface area contributed by atoms with Crippen molar-refractivity contribution in [3.8, 4) is 0 Å². The predicted octanol–water partition coefficient (Wildman–Crippen LogP) is 0.808. The molecular formula is C11H21NO3. The van der Waals surface area contributed by atoms with Crippen molar-refractivity contribution in [3.63, 3.8) is 0 Å². The average Bonchev–Trinajstić information content (AvgIpc) is 2.23. The Morgan fingerprint density at radius 3 is 2.53 bits per heavy atom. The Morgan fingerprint density at radius 2 is 2.07 bits per heavy atom. The lowest BCUT2D eigenvalue weighted by atomic mass is 10.3. The lowest BCUT2D eigenvalue weighted by Gasteiger charge is -2.21. The fourth-order valence-electron chi connectivity index (χ4n) is 1.20. The molecule has 0 amide bonds. The molecule has 0 rings (SSSR count). The maximum atomic E-state index is 10.9. The zero-order chi connectivity index (χ0) is 11.7. The molecule has 0 spiro atoms. The van der Waals surface area contributed by atoms with E-state index in [0.717, 1.165) is 13.1 Å². The van der Waals surface area contributed by atoms with Crippen molar-refractivity contribution in [1.82, 2.24) is 4.90 Å². The summed E-state index contributed by atoms with van der Waals surface area (Å²) in [6.07, 6.45) is 2.34. The molecule has 0 aliphatic rings. The highest BCUT2D eigenvalue weighted by molar-refractivity contribution is 5.81. The Morgan fingerprint density at radius 1 is 1.47 bits per heavy atom. The predicted molar refractivity (Wildman–Crippen MR) is 59.6 cm³/mol. The van der Waals surface area contributed by atoms with Crippen molar-refractivity contribution in [1.29, 1.82) is 0 Å². The van der Waals surface area contributed by atoms with E-state index in [4.69, 9.17) is 4.74 Å². The third kappa shape index (κ3) is 7.11. The lowest BCUT2D eigenvalue weighted by Crippen LogP contribution is -2.35. The normalized spacial score (nSPS) is 13.4. The van der Waals surface area contributed by atoms with Crippen LogP contribution in [0.4, 0.5) is 0 Å². The summed E-state index contributed by atoms with van der Waals surface area (Å²) in [5.41, 5.74) is 0. The van der Waals surface area contributed by atoms with E-state index in [2.05, 4.69) is 4.90 Å². The van der Waals surface area contributed by atoms with Crippen LogP contribution in [0.2, 0.25) is 0 Å². The molecule has 0 bridgehead atoms. The molecule has 0 aromatic heterocycles. The van der Waals surface area contributed by atoms with Crippen molar-refractivity contribution in [2.75, 3.05) is 26.2 Å². The number of carbonyl (C=O) groups excluding carboxylic acids is 1. The molecule has 0 aromatic rings. The van der Waals surface area contributed by atoms with Gasteiger partial charge >= 0.3 is 5.97 Å². The topological polar surface area (TPSA) is 49.8 Å². The van der Waals surface area contributed by atoms with Gasteiger partial charge in [-0.1, -0.05) is 19.9 Å². The Balaban J connectivity index is 3.73. The second-order valence-corrected chi connectivity index (χ2v) is 3.27. The summed E-state index contributed by atoms with van der Waals surface area (Å²) in [4.78, 5) is 13.0. The van der Waals surface area contributed by atoms with E-state index in [1.807, 2.05) is 13.8 Å².